The van der Waals surface area contributed by atoms with E-state index >= 15 is 0 Å². The van der Waals surface area contributed by atoms with Crippen molar-refractivity contribution in [3.63, 3.8) is 0 Å². The van der Waals surface area contributed by atoms with E-state index in [2.05, 4.69) is 26.2 Å². The predicted molar refractivity (Wildman–Crippen MR) is 64.1 cm³/mol. The highest BCUT2D eigenvalue weighted by atomic mass is 79.9. The Morgan fingerprint density at radius 1 is 1.56 bits per heavy atom. The number of carbonyl (C=O) groups excluding carboxylic acids is 1. The second-order valence-corrected chi connectivity index (χ2v) is 4.56. The molecular weight excluding hydrogens is 272 g/mol. The number of nitrogens with zero attached hydrogens (tertiary/aromatic N) is 1. The fraction of sp³-hybridized carbons (Fsp3) is 0.455. The molecule has 1 N–H and O–H groups in total. The van der Waals surface area contributed by atoms with E-state index in [-0.39, 0.29) is 11.8 Å². The summed E-state index contributed by atoms with van der Waals surface area (Å²) in [5, 5.41) is 2.79. The summed E-state index contributed by atoms with van der Waals surface area (Å²) in [6.07, 6.45) is 1.84. The topological polar surface area (TPSA) is 51.2 Å². The van der Waals surface area contributed by atoms with Crippen molar-refractivity contribution in [2.75, 3.05) is 18.5 Å². The average Bonchev–Trinajstić information content (AvgIpc) is 2.30. The first kappa shape index (κ1) is 11.5. The number of pyridine rings is 1. The molecular formula is C11H13BrN2O2. The van der Waals surface area contributed by atoms with Gasteiger partial charge in [0.25, 0.3) is 0 Å². The summed E-state index contributed by atoms with van der Waals surface area (Å²) >= 11 is 3.26. The highest BCUT2D eigenvalue weighted by Gasteiger charge is 2.21. The second-order valence-electron chi connectivity index (χ2n) is 3.75. The van der Waals surface area contributed by atoms with Crippen LogP contribution in [0.3, 0.4) is 0 Å². The zero-order valence-electron chi connectivity index (χ0n) is 8.78. The number of halogens is 1. The first-order valence-corrected chi connectivity index (χ1v) is 6.06. The number of nitrogens with one attached hydrogen (secondary N) is 1. The van der Waals surface area contributed by atoms with E-state index in [9.17, 15) is 4.79 Å². The van der Waals surface area contributed by atoms with E-state index in [0.29, 0.717) is 17.0 Å². The number of anilines is 1. The van der Waals surface area contributed by atoms with Gasteiger partial charge in [0.2, 0.25) is 5.91 Å². The van der Waals surface area contributed by atoms with Gasteiger partial charge in [-0.05, 0) is 40.9 Å². The smallest absolute Gasteiger partial charge is 0.230 e. The molecule has 1 aliphatic heterocycles. The van der Waals surface area contributed by atoms with Crippen molar-refractivity contribution in [2.24, 2.45) is 5.92 Å². The monoisotopic (exact) mass is 284 g/mol. The van der Waals surface area contributed by atoms with Crippen molar-refractivity contribution < 1.29 is 9.53 Å². The summed E-state index contributed by atoms with van der Waals surface area (Å²) in [7, 11) is 0. The number of carbonyl (C=O) groups is 1. The van der Waals surface area contributed by atoms with E-state index in [1.54, 1.807) is 6.07 Å². The summed E-state index contributed by atoms with van der Waals surface area (Å²) in [5.74, 6) is 0.518. The molecule has 1 aliphatic rings. The first-order valence-electron chi connectivity index (χ1n) is 5.27. The molecule has 0 saturated carbocycles. The summed E-state index contributed by atoms with van der Waals surface area (Å²) < 4.78 is 5.99. The molecule has 5 heteroatoms. The van der Waals surface area contributed by atoms with Gasteiger partial charge < -0.3 is 10.1 Å². The lowest BCUT2D eigenvalue weighted by molar-refractivity contribution is -0.123. The molecule has 1 saturated heterocycles. The van der Waals surface area contributed by atoms with Gasteiger partial charge in [0.1, 0.15) is 10.4 Å². The number of hydrogen-bond acceptors (Lipinski definition) is 3. The van der Waals surface area contributed by atoms with E-state index in [1.807, 2.05) is 12.1 Å². The maximum absolute atomic E-state index is 11.8. The lowest BCUT2D eigenvalue weighted by Crippen LogP contribution is -2.30. The zero-order chi connectivity index (χ0) is 11.4. The van der Waals surface area contributed by atoms with Crippen LogP contribution in [0, 0.1) is 5.92 Å². The Morgan fingerprint density at radius 2 is 2.44 bits per heavy atom. The number of ether oxygens (including phenoxy) is 1. The molecule has 2 rings (SSSR count). The molecule has 1 aromatic rings. The Kier molecular flexibility index (Phi) is 3.90. The quantitative estimate of drug-likeness (QED) is 0.848. The Morgan fingerprint density at radius 3 is 3.12 bits per heavy atom. The molecule has 1 fully saturated rings. The molecule has 1 unspecified atom stereocenters. The predicted octanol–water partition coefficient (Wildman–Crippen LogP) is 2.21. The fourth-order valence-corrected chi connectivity index (χ4v) is 2.00. The standard InChI is InChI=1S/C11H13BrN2O2/c12-9-4-1-5-10(13-9)14-11(15)8-3-2-6-16-7-8/h1,4-5,8H,2-3,6-7H2,(H,13,14,15). The van der Waals surface area contributed by atoms with Crippen molar-refractivity contribution in [3.05, 3.63) is 22.8 Å². The van der Waals surface area contributed by atoms with Gasteiger partial charge in [-0.15, -0.1) is 0 Å². The molecule has 4 nitrogen and oxygen atoms in total. The fourth-order valence-electron chi connectivity index (χ4n) is 1.65. The van der Waals surface area contributed by atoms with E-state index in [1.165, 1.54) is 0 Å². The molecule has 0 radical (unpaired) electrons. The zero-order valence-corrected chi connectivity index (χ0v) is 10.4. The van der Waals surface area contributed by atoms with Crippen LogP contribution in [0.25, 0.3) is 0 Å². The largest absolute Gasteiger partial charge is 0.381 e. The summed E-state index contributed by atoms with van der Waals surface area (Å²) in [6.45, 7) is 1.28. The van der Waals surface area contributed by atoms with Crippen molar-refractivity contribution in [1.82, 2.24) is 4.98 Å². The van der Waals surface area contributed by atoms with Crippen molar-refractivity contribution >= 4 is 27.7 Å². The van der Waals surface area contributed by atoms with Gasteiger partial charge in [0.15, 0.2) is 0 Å². The molecule has 0 aliphatic carbocycles. The Labute approximate surface area is 103 Å². The molecule has 86 valence electrons. The van der Waals surface area contributed by atoms with Crippen molar-refractivity contribution in [2.45, 2.75) is 12.8 Å². The maximum atomic E-state index is 11.8. The van der Waals surface area contributed by atoms with Crippen LogP contribution in [0.15, 0.2) is 22.8 Å². The third-order valence-corrected chi connectivity index (χ3v) is 2.94. The van der Waals surface area contributed by atoms with Crippen LogP contribution in [0.1, 0.15) is 12.8 Å². The second kappa shape index (κ2) is 5.41. The normalized spacial score (nSPS) is 20.4. The van der Waals surface area contributed by atoms with Crippen LogP contribution < -0.4 is 5.32 Å². The highest BCUT2D eigenvalue weighted by Crippen LogP contribution is 2.16. The van der Waals surface area contributed by atoms with Gasteiger partial charge in [-0.2, -0.15) is 0 Å². The summed E-state index contributed by atoms with van der Waals surface area (Å²) in [6, 6.07) is 5.43. The number of amides is 1. The Hall–Kier alpha value is -0.940. The molecule has 1 aromatic heterocycles. The van der Waals surface area contributed by atoms with Gasteiger partial charge in [-0.3, -0.25) is 4.79 Å². The minimum absolute atomic E-state index is 0.00898. The number of rotatable bonds is 2. The van der Waals surface area contributed by atoms with E-state index < -0.39 is 0 Å². The first-order chi connectivity index (χ1) is 7.75. The van der Waals surface area contributed by atoms with Gasteiger partial charge in [-0.25, -0.2) is 4.98 Å². The van der Waals surface area contributed by atoms with Crippen LogP contribution in [0.2, 0.25) is 0 Å². The summed E-state index contributed by atoms with van der Waals surface area (Å²) in [4.78, 5) is 16.0. The van der Waals surface area contributed by atoms with Crippen molar-refractivity contribution in [3.8, 4) is 0 Å². The molecule has 0 aromatic carbocycles. The van der Waals surface area contributed by atoms with Crippen molar-refractivity contribution in [1.29, 1.82) is 0 Å². The van der Waals surface area contributed by atoms with Crippen LogP contribution in [0.4, 0.5) is 5.82 Å². The number of aromatic nitrogens is 1. The van der Waals surface area contributed by atoms with Gasteiger partial charge >= 0.3 is 0 Å². The van der Waals surface area contributed by atoms with Crippen LogP contribution in [0.5, 0.6) is 0 Å². The lowest BCUT2D eigenvalue weighted by atomic mass is 10.0. The number of hydrogen-bond donors (Lipinski definition) is 1. The van der Waals surface area contributed by atoms with Gasteiger partial charge in [0.05, 0.1) is 12.5 Å². The minimum atomic E-state index is -0.0467. The SMILES string of the molecule is O=C(Nc1cccc(Br)n1)C1CCCOC1. The molecule has 1 amide bonds. The molecule has 0 spiro atoms. The Bertz CT molecular complexity index is 378. The molecule has 1 atom stereocenters. The van der Waals surface area contributed by atoms with Crippen LogP contribution >= 0.6 is 15.9 Å². The lowest BCUT2D eigenvalue weighted by Gasteiger charge is -2.20. The summed E-state index contributed by atoms with van der Waals surface area (Å²) in [5.41, 5.74) is 0. The van der Waals surface area contributed by atoms with Crippen LogP contribution in [-0.2, 0) is 9.53 Å². The average molecular weight is 285 g/mol. The molecule has 0 bridgehead atoms. The maximum Gasteiger partial charge on any atom is 0.230 e. The third-order valence-electron chi connectivity index (χ3n) is 2.50. The van der Waals surface area contributed by atoms with E-state index in [0.717, 1.165) is 19.4 Å². The van der Waals surface area contributed by atoms with Gasteiger partial charge in [0, 0.05) is 6.61 Å². The Balaban J connectivity index is 1.96. The van der Waals surface area contributed by atoms with Crippen LogP contribution in [-0.4, -0.2) is 24.1 Å². The molecule has 2 heterocycles. The minimum Gasteiger partial charge on any atom is -0.381 e. The third kappa shape index (κ3) is 3.02. The van der Waals surface area contributed by atoms with E-state index in [4.69, 9.17) is 4.74 Å². The highest BCUT2D eigenvalue weighted by molar-refractivity contribution is 9.10. The van der Waals surface area contributed by atoms with Gasteiger partial charge in [-0.1, -0.05) is 6.07 Å². The molecule has 16 heavy (non-hydrogen) atoms.